The minimum Gasteiger partial charge on any atom is -0.457 e. The van der Waals surface area contributed by atoms with Crippen molar-refractivity contribution in [2.75, 3.05) is 9.80 Å². The number of ether oxygens (including phenoxy) is 1. The number of benzene rings is 10. The van der Waals surface area contributed by atoms with Gasteiger partial charge >= 0.3 is 0 Å². The van der Waals surface area contributed by atoms with E-state index in [1.165, 1.54) is 119 Å². The van der Waals surface area contributed by atoms with Crippen LogP contribution in [0.1, 0.15) is 43.6 Å². The van der Waals surface area contributed by atoms with Gasteiger partial charge in [-0.25, -0.2) is 0 Å². The molecule has 10 aromatic carbocycles. The van der Waals surface area contributed by atoms with Crippen LogP contribution in [0.3, 0.4) is 0 Å². The van der Waals surface area contributed by atoms with E-state index in [-0.39, 0.29) is 6.71 Å². The van der Waals surface area contributed by atoms with Crippen molar-refractivity contribution in [2.24, 2.45) is 0 Å². The second-order valence-electron chi connectivity index (χ2n) is 20.2. The fourth-order valence-corrected chi connectivity index (χ4v) is 14.1. The standard InChI is InChI=1S/C68H50BN3OS/c1-5-20-45(21-6-1)53-32-18-34-60-66(53)54-30-13-15-33-58(54)71(60)50-39-40-56-63(44-50)72(49-26-17-29-52(43-49)73-51-27-11-4-12-28-51)62-36-19-35-61-67(62)69(56)57-42-47(38-41-59(57)70(61)48-24-9-3-10-25-48)65-55-31-14-16-37-64(55)74-68(65)46-22-7-2-8-23-46/h2-4,7-19,22-45H,1,5-6,20-21H2. The average molecular weight is 968 g/mol. The normalized spacial score (nSPS) is 14.1. The Bertz CT molecular complexity index is 4120. The predicted octanol–water partition coefficient (Wildman–Crippen LogP) is 17.3. The van der Waals surface area contributed by atoms with Crippen LogP contribution in [0.15, 0.2) is 237 Å². The van der Waals surface area contributed by atoms with Crippen molar-refractivity contribution in [3.63, 3.8) is 0 Å². The molecule has 12 aromatic rings. The summed E-state index contributed by atoms with van der Waals surface area (Å²) in [6.45, 7) is -0.0821. The molecule has 0 N–H and O–H groups in total. The van der Waals surface area contributed by atoms with Crippen LogP contribution in [-0.4, -0.2) is 11.3 Å². The van der Waals surface area contributed by atoms with Crippen molar-refractivity contribution in [1.82, 2.24) is 4.57 Å². The van der Waals surface area contributed by atoms with Crippen LogP contribution in [0.5, 0.6) is 11.5 Å². The van der Waals surface area contributed by atoms with Gasteiger partial charge in [-0.3, -0.25) is 0 Å². The summed E-state index contributed by atoms with van der Waals surface area (Å²) in [5, 5.41) is 4.00. The maximum absolute atomic E-state index is 6.61. The summed E-state index contributed by atoms with van der Waals surface area (Å²) in [6.07, 6.45) is 6.44. The zero-order valence-electron chi connectivity index (χ0n) is 40.9. The van der Waals surface area contributed by atoms with E-state index < -0.39 is 0 Å². The highest BCUT2D eigenvalue weighted by molar-refractivity contribution is 7.23. The summed E-state index contributed by atoms with van der Waals surface area (Å²) in [5.41, 5.74) is 19.5. The van der Waals surface area contributed by atoms with E-state index in [9.17, 15) is 0 Å². The summed E-state index contributed by atoms with van der Waals surface area (Å²) in [5.74, 6) is 2.17. The maximum Gasteiger partial charge on any atom is 0.252 e. The molecule has 4 heterocycles. The van der Waals surface area contributed by atoms with Gasteiger partial charge in [0.15, 0.2) is 0 Å². The van der Waals surface area contributed by atoms with E-state index in [1.807, 2.05) is 41.7 Å². The Morgan fingerprint density at radius 2 is 1.09 bits per heavy atom. The smallest absolute Gasteiger partial charge is 0.252 e. The van der Waals surface area contributed by atoms with Crippen molar-refractivity contribution in [1.29, 1.82) is 0 Å². The Hall–Kier alpha value is -8.58. The van der Waals surface area contributed by atoms with E-state index in [2.05, 4.69) is 221 Å². The van der Waals surface area contributed by atoms with Gasteiger partial charge in [0.1, 0.15) is 11.5 Å². The Morgan fingerprint density at radius 3 is 1.92 bits per heavy atom. The third-order valence-corrected chi connectivity index (χ3v) is 17.2. The molecule has 74 heavy (non-hydrogen) atoms. The molecule has 4 nitrogen and oxygen atoms in total. The molecule has 0 atom stereocenters. The van der Waals surface area contributed by atoms with E-state index in [0.717, 1.165) is 39.9 Å². The van der Waals surface area contributed by atoms with Crippen molar-refractivity contribution < 1.29 is 4.74 Å². The summed E-state index contributed by atoms with van der Waals surface area (Å²) in [7, 11) is 0. The van der Waals surface area contributed by atoms with Crippen LogP contribution in [0.2, 0.25) is 0 Å². The van der Waals surface area contributed by atoms with Gasteiger partial charge in [-0.05, 0) is 137 Å². The number of hydrogen-bond donors (Lipinski definition) is 0. The number of anilines is 6. The van der Waals surface area contributed by atoms with Gasteiger partial charge in [0.05, 0.1) is 11.0 Å². The van der Waals surface area contributed by atoms with Gasteiger partial charge in [-0.1, -0.05) is 165 Å². The predicted molar refractivity (Wildman–Crippen MR) is 313 cm³/mol. The fraction of sp³-hybridized carbons (Fsp3) is 0.0882. The van der Waals surface area contributed by atoms with Gasteiger partial charge < -0.3 is 19.1 Å². The van der Waals surface area contributed by atoms with Gasteiger partial charge in [0.25, 0.3) is 6.71 Å². The van der Waals surface area contributed by atoms with E-state index in [4.69, 9.17) is 4.74 Å². The van der Waals surface area contributed by atoms with Crippen LogP contribution in [0, 0.1) is 0 Å². The molecule has 352 valence electrons. The SMILES string of the molecule is c1ccc(Oc2cccc(N3c4cc(-n5c6ccccc6c6c(C7CCCCC7)cccc65)ccc4B4c5cc(-c6c(-c7ccccc7)sc7ccccc67)ccc5N(c5ccccc5)c5cccc3c54)c2)cc1. The third-order valence-electron chi connectivity index (χ3n) is 16.0. The highest BCUT2D eigenvalue weighted by atomic mass is 32.1. The van der Waals surface area contributed by atoms with Crippen molar-refractivity contribution in [2.45, 2.75) is 38.0 Å². The molecule has 0 saturated heterocycles. The Kier molecular flexibility index (Phi) is 10.2. The average Bonchev–Trinajstić information content (AvgIpc) is 4.06. The van der Waals surface area contributed by atoms with Crippen LogP contribution >= 0.6 is 11.3 Å². The van der Waals surface area contributed by atoms with Crippen molar-refractivity contribution in [3.05, 3.63) is 242 Å². The molecular formula is C68H50BN3OS. The first kappa shape index (κ1) is 43.0. The number of hydrogen-bond acceptors (Lipinski definition) is 4. The van der Waals surface area contributed by atoms with E-state index in [0.29, 0.717) is 5.92 Å². The summed E-state index contributed by atoms with van der Waals surface area (Å²) in [6, 6.07) is 87.2. The second kappa shape index (κ2) is 17.6. The lowest BCUT2D eigenvalue weighted by Gasteiger charge is -2.44. The van der Waals surface area contributed by atoms with Gasteiger partial charge in [-0.2, -0.15) is 0 Å². The molecule has 2 aromatic heterocycles. The first-order chi connectivity index (χ1) is 36.7. The van der Waals surface area contributed by atoms with Crippen molar-refractivity contribution in [3.8, 4) is 38.8 Å². The largest absolute Gasteiger partial charge is 0.457 e. The Labute approximate surface area is 436 Å². The zero-order valence-corrected chi connectivity index (χ0v) is 41.7. The number of rotatable bonds is 8. The molecule has 0 unspecified atom stereocenters. The molecule has 1 fully saturated rings. The minimum absolute atomic E-state index is 0.0821. The summed E-state index contributed by atoms with van der Waals surface area (Å²) >= 11 is 1.88. The molecule has 1 saturated carbocycles. The zero-order chi connectivity index (χ0) is 48.7. The highest BCUT2D eigenvalue weighted by Crippen LogP contribution is 2.49. The number of thiophene rings is 1. The van der Waals surface area contributed by atoms with Crippen LogP contribution in [-0.2, 0) is 0 Å². The third kappa shape index (κ3) is 6.89. The van der Waals surface area contributed by atoms with Gasteiger partial charge in [0, 0.05) is 77.2 Å². The summed E-state index contributed by atoms with van der Waals surface area (Å²) in [4.78, 5) is 6.29. The molecule has 3 aliphatic rings. The number of para-hydroxylation sites is 3. The summed E-state index contributed by atoms with van der Waals surface area (Å²) < 4.78 is 10.4. The van der Waals surface area contributed by atoms with Crippen LogP contribution in [0.4, 0.5) is 34.1 Å². The van der Waals surface area contributed by atoms with Gasteiger partial charge in [-0.15, -0.1) is 11.3 Å². The lowest BCUT2D eigenvalue weighted by atomic mass is 9.33. The second-order valence-corrected chi connectivity index (χ2v) is 21.2. The Morgan fingerprint density at radius 1 is 0.432 bits per heavy atom. The molecule has 1 aliphatic carbocycles. The molecule has 15 rings (SSSR count). The van der Waals surface area contributed by atoms with Crippen molar-refractivity contribution >= 4 is 100 Å². The molecular weight excluding hydrogens is 918 g/mol. The number of fused-ring (bicyclic) bond motifs is 8. The maximum atomic E-state index is 6.61. The fourth-order valence-electron chi connectivity index (χ4n) is 12.9. The Balaban J connectivity index is 0.995. The minimum atomic E-state index is -0.0821. The monoisotopic (exact) mass is 967 g/mol. The molecule has 2 aliphatic heterocycles. The first-order valence-electron chi connectivity index (χ1n) is 26.2. The number of nitrogens with zero attached hydrogens (tertiary/aromatic N) is 3. The van der Waals surface area contributed by atoms with E-state index >= 15 is 0 Å². The topological polar surface area (TPSA) is 20.6 Å². The molecule has 0 amide bonds. The quantitative estimate of drug-likeness (QED) is 0.142. The molecule has 0 spiro atoms. The number of aromatic nitrogens is 1. The van der Waals surface area contributed by atoms with Crippen LogP contribution < -0.4 is 30.9 Å². The first-order valence-corrected chi connectivity index (χ1v) is 27.0. The molecule has 0 bridgehead atoms. The van der Waals surface area contributed by atoms with E-state index in [1.54, 1.807) is 0 Å². The lowest BCUT2D eigenvalue weighted by molar-refractivity contribution is 0.445. The highest BCUT2D eigenvalue weighted by Gasteiger charge is 2.44. The van der Waals surface area contributed by atoms with Crippen LogP contribution in [0.25, 0.3) is 59.1 Å². The molecule has 0 radical (unpaired) electrons. The van der Waals surface area contributed by atoms with Gasteiger partial charge in [0.2, 0.25) is 0 Å². The molecule has 6 heteroatoms. The lowest BCUT2D eigenvalue weighted by Crippen LogP contribution is -2.61.